The van der Waals surface area contributed by atoms with E-state index >= 15 is 0 Å². The first-order chi connectivity index (χ1) is 20.1. The van der Waals surface area contributed by atoms with Gasteiger partial charge in [-0.25, -0.2) is 38.8 Å². The van der Waals surface area contributed by atoms with Gasteiger partial charge in [0.2, 0.25) is 0 Å². The molecule has 7 atom stereocenters. The largest absolute Gasteiger partial charge is 0.386 e. The normalized spacial score (nSPS) is 26.7. The summed E-state index contributed by atoms with van der Waals surface area (Å²) in [6.07, 6.45) is 1.36. The van der Waals surface area contributed by atoms with Gasteiger partial charge in [-0.05, 0) is 12.8 Å². The number of aromatic amines is 1. The van der Waals surface area contributed by atoms with Crippen LogP contribution in [0.5, 0.6) is 0 Å². The van der Waals surface area contributed by atoms with Crippen molar-refractivity contribution in [3.05, 3.63) is 29.5 Å². The molecule has 0 radical (unpaired) electrons. The molecule has 22 heteroatoms. The van der Waals surface area contributed by atoms with Crippen molar-refractivity contribution in [2.24, 2.45) is 0 Å². The van der Waals surface area contributed by atoms with Crippen LogP contribution in [0.3, 0.4) is 0 Å². The van der Waals surface area contributed by atoms with E-state index in [0.29, 0.717) is 24.0 Å². The molecule has 0 spiro atoms. The molecule has 1 unspecified atom stereocenters. The third-order valence-electron chi connectivity index (χ3n) is 6.80. The Morgan fingerprint density at radius 1 is 1.10 bits per heavy atom. The number of nitrogen functional groups attached to an aromatic ring is 2. The van der Waals surface area contributed by atoms with Crippen molar-refractivity contribution in [1.82, 2.24) is 39.0 Å². The average molecular weight is 645 g/mol. The fraction of sp³-hybridized carbons (Fsp3) is 0.500. The Labute approximate surface area is 241 Å². The lowest BCUT2D eigenvalue weighted by Crippen LogP contribution is -2.30. The van der Waals surface area contributed by atoms with Gasteiger partial charge in [-0.2, -0.15) is 0 Å². The second kappa shape index (κ2) is 11.6. The highest BCUT2D eigenvalue weighted by molar-refractivity contribution is 8.44. The van der Waals surface area contributed by atoms with Crippen LogP contribution in [0.4, 0.5) is 11.6 Å². The molecule has 226 valence electrons. The van der Waals surface area contributed by atoms with E-state index in [1.54, 1.807) is 10.9 Å². The SMILES string of the molecule is Nc1ncnc2c1ncn2[C@H]1CC[C@@H](CO[P@@](=O)(S)O[C@@H]2C[C@@H](CO[PH](=O)O)O[C@H]2n2c(=O)[nH]c3c(N)ncnc32)O1. The molecule has 4 aromatic heterocycles. The number of imidazole rings is 2. The van der Waals surface area contributed by atoms with Gasteiger partial charge in [-0.1, -0.05) is 12.2 Å². The average Bonchev–Trinajstić information content (AvgIpc) is 3.72. The minimum atomic E-state index is -4.06. The molecule has 4 aromatic rings. The Hall–Kier alpha value is -2.93. The van der Waals surface area contributed by atoms with Gasteiger partial charge in [0.05, 0.1) is 31.7 Å². The Kier molecular flexibility index (Phi) is 8.07. The molecule has 0 amide bonds. The Morgan fingerprint density at radius 3 is 2.64 bits per heavy atom. The van der Waals surface area contributed by atoms with Crippen molar-refractivity contribution in [1.29, 1.82) is 0 Å². The topological polar surface area (TPSA) is 260 Å². The zero-order valence-electron chi connectivity index (χ0n) is 21.5. The summed E-state index contributed by atoms with van der Waals surface area (Å²) in [6, 6.07) is 0. The number of aromatic nitrogens is 8. The summed E-state index contributed by atoms with van der Waals surface area (Å²) < 4.78 is 55.5. The minimum Gasteiger partial charge on any atom is -0.382 e. The van der Waals surface area contributed by atoms with Crippen molar-refractivity contribution in [2.45, 2.75) is 50.0 Å². The zero-order chi connectivity index (χ0) is 29.6. The quantitative estimate of drug-likeness (QED) is 0.119. The third-order valence-corrected chi connectivity index (χ3v) is 8.86. The maximum atomic E-state index is 13.3. The number of rotatable bonds is 10. The van der Waals surface area contributed by atoms with Crippen molar-refractivity contribution in [3.63, 3.8) is 0 Å². The molecular formula is C20H26N10O9P2S. The number of anilines is 2. The minimum absolute atomic E-state index is 0.0219. The van der Waals surface area contributed by atoms with E-state index in [0.717, 1.165) is 4.57 Å². The van der Waals surface area contributed by atoms with E-state index in [4.69, 9.17) is 39.4 Å². The highest BCUT2D eigenvalue weighted by Gasteiger charge is 2.43. The van der Waals surface area contributed by atoms with E-state index in [1.165, 1.54) is 12.7 Å². The van der Waals surface area contributed by atoms with E-state index < -0.39 is 51.5 Å². The van der Waals surface area contributed by atoms with Crippen LogP contribution >= 0.6 is 27.3 Å². The summed E-state index contributed by atoms with van der Waals surface area (Å²) in [4.78, 5) is 44.9. The lowest BCUT2D eigenvalue weighted by molar-refractivity contribution is -0.0464. The molecule has 19 nitrogen and oxygen atoms in total. The highest BCUT2D eigenvalue weighted by Crippen LogP contribution is 2.57. The molecule has 42 heavy (non-hydrogen) atoms. The van der Waals surface area contributed by atoms with Gasteiger partial charge >= 0.3 is 20.7 Å². The van der Waals surface area contributed by atoms with Crippen LogP contribution in [0.15, 0.2) is 23.8 Å². The molecule has 0 bridgehead atoms. The van der Waals surface area contributed by atoms with Crippen LogP contribution in [0.25, 0.3) is 22.3 Å². The number of nitrogens with zero attached hydrogens (tertiary/aromatic N) is 7. The van der Waals surface area contributed by atoms with Crippen molar-refractivity contribution >= 4 is 61.3 Å². The molecular weight excluding hydrogens is 618 g/mol. The van der Waals surface area contributed by atoms with Crippen LogP contribution in [0, 0.1) is 0 Å². The third kappa shape index (κ3) is 5.82. The first-order valence-corrected chi connectivity index (χ1v) is 16.5. The zero-order valence-corrected chi connectivity index (χ0v) is 24.3. The smallest absolute Gasteiger partial charge is 0.382 e. The van der Waals surface area contributed by atoms with Crippen molar-refractivity contribution < 1.29 is 37.1 Å². The Morgan fingerprint density at radius 2 is 1.86 bits per heavy atom. The summed E-state index contributed by atoms with van der Waals surface area (Å²) >= 11 is 4.14. The molecule has 6 heterocycles. The van der Waals surface area contributed by atoms with Crippen LogP contribution < -0.4 is 17.2 Å². The van der Waals surface area contributed by atoms with Gasteiger partial charge in [-0.3, -0.25) is 18.2 Å². The van der Waals surface area contributed by atoms with E-state index in [2.05, 4.69) is 42.2 Å². The van der Waals surface area contributed by atoms with Gasteiger partial charge in [0, 0.05) is 6.42 Å². The Bertz CT molecular complexity index is 1750. The predicted octanol–water partition coefficient (Wildman–Crippen LogP) is 0.927. The fourth-order valence-corrected chi connectivity index (χ4v) is 6.81. The molecule has 2 saturated heterocycles. The molecule has 6 rings (SSSR count). The van der Waals surface area contributed by atoms with Gasteiger partial charge < -0.3 is 35.3 Å². The van der Waals surface area contributed by atoms with Gasteiger partial charge in [0.1, 0.15) is 36.0 Å². The molecule has 2 fully saturated rings. The molecule has 6 N–H and O–H groups in total. The number of hydrogen-bond acceptors (Lipinski definition) is 15. The lowest BCUT2D eigenvalue weighted by atomic mass is 10.2. The number of H-pyrrole nitrogens is 1. The molecule has 0 aliphatic carbocycles. The second-order valence-corrected chi connectivity index (χ2v) is 13.2. The number of nitrogens with two attached hydrogens (primary N) is 2. The van der Waals surface area contributed by atoms with Crippen molar-refractivity contribution in [2.75, 3.05) is 24.7 Å². The second-order valence-electron chi connectivity index (χ2n) is 9.50. The summed E-state index contributed by atoms with van der Waals surface area (Å²) in [5.74, 6) is 0.284. The van der Waals surface area contributed by atoms with Gasteiger partial charge in [-0.15, -0.1) is 0 Å². The molecule has 0 saturated carbocycles. The molecule has 2 aliphatic rings. The monoisotopic (exact) mass is 644 g/mol. The summed E-state index contributed by atoms with van der Waals surface area (Å²) in [5, 5.41) is 0. The van der Waals surface area contributed by atoms with Crippen LogP contribution in [-0.2, 0) is 32.2 Å². The number of ether oxygens (including phenoxy) is 2. The van der Waals surface area contributed by atoms with E-state index in [9.17, 15) is 13.9 Å². The maximum absolute atomic E-state index is 13.3. The first-order valence-electron chi connectivity index (χ1n) is 12.6. The molecule has 0 aromatic carbocycles. The standard InChI is InChI=1S/C20H26N10O9P2S/c21-15-13-17(25-6-23-15)29(8-27-13)12-2-1-9(37-12)5-36-41(34,42)39-11-3-10(4-35-40(32)33)38-19(11)30-18-14(28-20(30)31)16(22)24-7-26-18/h6-12,19,40H,1-5H2,(H,28,31)(H,32,33)(H,34,42)(H2,21,23,25)(H2,22,24,26)/t9-,10-,11+,12+,19+,41+/m0/s1. The first kappa shape index (κ1) is 29.2. The van der Waals surface area contributed by atoms with Crippen LogP contribution in [-0.4, -0.2) is 75.5 Å². The molecule has 2 aliphatic heterocycles. The summed E-state index contributed by atoms with van der Waals surface area (Å²) in [6.45, 7) is -4.46. The number of nitrogens with one attached hydrogen (secondary N) is 1. The van der Waals surface area contributed by atoms with E-state index in [1.807, 2.05) is 0 Å². The summed E-state index contributed by atoms with van der Waals surface area (Å²) in [5.41, 5.74) is 12.3. The van der Waals surface area contributed by atoms with E-state index in [-0.39, 0.29) is 42.4 Å². The predicted molar refractivity (Wildman–Crippen MR) is 149 cm³/mol. The number of fused-ring (bicyclic) bond motifs is 2. The van der Waals surface area contributed by atoms with Gasteiger partial charge in [0.25, 0.3) is 0 Å². The maximum Gasteiger partial charge on any atom is 0.386 e. The van der Waals surface area contributed by atoms with Crippen LogP contribution in [0.1, 0.15) is 31.7 Å². The van der Waals surface area contributed by atoms with Gasteiger partial charge in [0.15, 0.2) is 29.2 Å². The van der Waals surface area contributed by atoms with Crippen molar-refractivity contribution in [3.8, 4) is 0 Å². The van der Waals surface area contributed by atoms with Crippen LogP contribution in [0.2, 0.25) is 0 Å². The fourth-order valence-electron chi connectivity index (χ4n) is 4.97. The highest BCUT2D eigenvalue weighted by atomic mass is 32.7. The lowest BCUT2D eigenvalue weighted by Gasteiger charge is -2.23. The summed E-state index contributed by atoms with van der Waals surface area (Å²) in [7, 11) is -3.25. The number of thiol groups is 1. The Balaban J connectivity index is 1.15. The number of hydrogen-bond donors (Lipinski definition) is 5.